The van der Waals surface area contributed by atoms with E-state index in [-0.39, 0.29) is 5.91 Å². The molecule has 0 aromatic carbocycles. The zero-order chi connectivity index (χ0) is 14.1. The molecule has 19 heavy (non-hydrogen) atoms. The number of carboxylic acids is 1. The van der Waals surface area contributed by atoms with E-state index in [0.717, 1.165) is 32.1 Å². The summed E-state index contributed by atoms with van der Waals surface area (Å²) in [5.74, 6) is -0.725. The molecular weight excluding hydrogens is 244 g/mol. The van der Waals surface area contributed by atoms with Crippen LogP contribution < -0.4 is 11.1 Å². The van der Waals surface area contributed by atoms with Crippen LogP contribution in [0.15, 0.2) is 0 Å². The highest BCUT2D eigenvalue weighted by molar-refractivity contribution is 5.90. The van der Waals surface area contributed by atoms with E-state index >= 15 is 0 Å². The van der Waals surface area contributed by atoms with E-state index in [1.165, 1.54) is 0 Å². The second-order valence-electron chi connectivity index (χ2n) is 6.38. The SMILES string of the molecule is CC1CCCC(NC(=O)C2(CN)CCC2)(C(=O)O)C1. The molecule has 0 aromatic heterocycles. The molecule has 5 nitrogen and oxygen atoms in total. The molecule has 0 aliphatic heterocycles. The maximum atomic E-state index is 12.4. The lowest BCUT2D eigenvalue weighted by molar-refractivity contribution is -0.153. The van der Waals surface area contributed by atoms with Crippen molar-refractivity contribution in [1.82, 2.24) is 5.32 Å². The van der Waals surface area contributed by atoms with E-state index in [0.29, 0.717) is 25.3 Å². The molecule has 1 amide bonds. The number of rotatable bonds is 4. The van der Waals surface area contributed by atoms with Crippen molar-refractivity contribution >= 4 is 11.9 Å². The topological polar surface area (TPSA) is 92.4 Å². The van der Waals surface area contributed by atoms with E-state index in [1.54, 1.807) is 0 Å². The summed E-state index contributed by atoms with van der Waals surface area (Å²) in [6, 6.07) is 0. The molecule has 0 spiro atoms. The van der Waals surface area contributed by atoms with Gasteiger partial charge >= 0.3 is 5.97 Å². The number of carboxylic acid groups (broad SMARTS) is 1. The normalized spacial score (nSPS) is 33.3. The molecular formula is C14H24N2O3. The standard InChI is InChI=1S/C14H24N2O3/c1-10-4-2-7-14(8-10,12(18)19)16-11(17)13(9-15)5-3-6-13/h10H,2-9,15H2,1H3,(H,16,17)(H,18,19). The van der Waals surface area contributed by atoms with Crippen LogP contribution in [0.25, 0.3) is 0 Å². The molecule has 2 aliphatic rings. The Morgan fingerprint density at radius 3 is 2.42 bits per heavy atom. The number of amides is 1. The van der Waals surface area contributed by atoms with Crippen LogP contribution in [0, 0.1) is 11.3 Å². The molecule has 2 unspecified atom stereocenters. The fourth-order valence-corrected chi connectivity index (χ4v) is 3.39. The molecule has 2 fully saturated rings. The van der Waals surface area contributed by atoms with Crippen molar-refractivity contribution in [3.8, 4) is 0 Å². The van der Waals surface area contributed by atoms with Crippen molar-refractivity contribution in [3.63, 3.8) is 0 Å². The minimum absolute atomic E-state index is 0.155. The fraction of sp³-hybridized carbons (Fsp3) is 0.857. The maximum absolute atomic E-state index is 12.4. The first-order valence-electron chi connectivity index (χ1n) is 7.20. The van der Waals surface area contributed by atoms with Gasteiger partial charge in [-0.2, -0.15) is 0 Å². The van der Waals surface area contributed by atoms with Crippen molar-refractivity contribution < 1.29 is 14.7 Å². The van der Waals surface area contributed by atoms with Crippen LogP contribution in [0.3, 0.4) is 0 Å². The van der Waals surface area contributed by atoms with Crippen molar-refractivity contribution in [1.29, 1.82) is 0 Å². The number of carbonyl (C=O) groups is 2. The molecule has 2 rings (SSSR count). The number of nitrogens with two attached hydrogens (primary N) is 1. The van der Waals surface area contributed by atoms with E-state index < -0.39 is 16.9 Å². The molecule has 0 saturated heterocycles. The Balaban J connectivity index is 2.13. The van der Waals surface area contributed by atoms with E-state index in [2.05, 4.69) is 5.32 Å². The first-order chi connectivity index (χ1) is 8.94. The monoisotopic (exact) mass is 268 g/mol. The zero-order valence-corrected chi connectivity index (χ0v) is 11.6. The van der Waals surface area contributed by atoms with Gasteiger partial charge in [0.2, 0.25) is 5.91 Å². The highest BCUT2D eigenvalue weighted by Gasteiger charge is 2.49. The van der Waals surface area contributed by atoms with Crippen LogP contribution in [0.2, 0.25) is 0 Å². The first-order valence-corrected chi connectivity index (χ1v) is 7.20. The Hall–Kier alpha value is -1.10. The molecule has 108 valence electrons. The van der Waals surface area contributed by atoms with Crippen LogP contribution in [0.5, 0.6) is 0 Å². The Morgan fingerprint density at radius 2 is 2.00 bits per heavy atom. The summed E-state index contributed by atoms with van der Waals surface area (Å²) in [5, 5.41) is 12.4. The molecule has 5 heteroatoms. The second kappa shape index (κ2) is 5.12. The lowest BCUT2D eigenvalue weighted by atomic mass is 9.67. The van der Waals surface area contributed by atoms with Crippen LogP contribution in [-0.2, 0) is 9.59 Å². The maximum Gasteiger partial charge on any atom is 0.329 e. The van der Waals surface area contributed by atoms with Gasteiger partial charge in [0.25, 0.3) is 0 Å². The summed E-state index contributed by atoms with van der Waals surface area (Å²) in [4.78, 5) is 24.0. The molecule has 0 radical (unpaired) electrons. The Kier molecular flexibility index (Phi) is 3.85. The predicted molar refractivity (Wildman–Crippen MR) is 71.5 cm³/mol. The highest BCUT2D eigenvalue weighted by Crippen LogP contribution is 2.41. The van der Waals surface area contributed by atoms with Crippen molar-refractivity contribution in [2.75, 3.05) is 6.54 Å². The van der Waals surface area contributed by atoms with Gasteiger partial charge in [-0.3, -0.25) is 4.79 Å². The third-order valence-corrected chi connectivity index (χ3v) is 4.94. The summed E-state index contributed by atoms with van der Waals surface area (Å²) in [6.45, 7) is 2.36. The number of carbonyl (C=O) groups excluding carboxylic acids is 1. The average molecular weight is 268 g/mol. The molecule has 2 aliphatic carbocycles. The van der Waals surface area contributed by atoms with Crippen molar-refractivity contribution in [3.05, 3.63) is 0 Å². The van der Waals surface area contributed by atoms with Gasteiger partial charge in [-0.1, -0.05) is 26.2 Å². The van der Waals surface area contributed by atoms with Gasteiger partial charge in [-0.15, -0.1) is 0 Å². The van der Waals surface area contributed by atoms with Gasteiger partial charge in [0.1, 0.15) is 5.54 Å². The van der Waals surface area contributed by atoms with Gasteiger partial charge in [-0.25, -0.2) is 4.79 Å². The van der Waals surface area contributed by atoms with Gasteiger partial charge in [0, 0.05) is 6.54 Å². The van der Waals surface area contributed by atoms with Gasteiger partial charge in [0.05, 0.1) is 5.41 Å². The third kappa shape index (κ3) is 2.48. The zero-order valence-electron chi connectivity index (χ0n) is 11.6. The number of aliphatic carboxylic acids is 1. The minimum atomic E-state index is -1.08. The molecule has 0 aromatic rings. The highest BCUT2D eigenvalue weighted by atomic mass is 16.4. The Bertz CT molecular complexity index is 373. The fourth-order valence-electron chi connectivity index (χ4n) is 3.39. The molecule has 2 atom stereocenters. The Morgan fingerprint density at radius 1 is 1.32 bits per heavy atom. The predicted octanol–water partition coefficient (Wildman–Crippen LogP) is 1.27. The summed E-state index contributed by atoms with van der Waals surface area (Å²) in [7, 11) is 0. The van der Waals surface area contributed by atoms with Crippen molar-refractivity contribution in [2.24, 2.45) is 17.1 Å². The first kappa shape index (κ1) is 14.3. The van der Waals surface area contributed by atoms with Gasteiger partial charge < -0.3 is 16.2 Å². The van der Waals surface area contributed by atoms with Crippen LogP contribution in [0.1, 0.15) is 51.9 Å². The van der Waals surface area contributed by atoms with Crippen LogP contribution >= 0.6 is 0 Å². The van der Waals surface area contributed by atoms with Gasteiger partial charge in [-0.05, 0) is 31.6 Å². The number of hydrogen-bond acceptors (Lipinski definition) is 3. The molecule has 4 N–H and O–H groups in total. The van der Waals surface area contributed by atoms with E-state index in [4.69, 9.17) is 5.73 Å². The summed E-state index contributed by atoms with van der Waals surface area (Å²) in [5.41, 5.74) is 4.13. The lowest BCUT2D eigenvalue weighted by Gasteiger charge is -2.44. The summed E-state index contributed by atoms with van der Waals surface area (Å²) in [6.07, 6.45) is 5.49. The van der Waals surface area contributed by atoms with E-state index in [1.807, 2.05) is 6.92 Å². The van der Waals surface area contributed by atoms with Crippen LogP contribution in [-0.4, -0.2) is 29.1 Å². The number of hydrogen-bond donors (Lipinski definition) is 3. The number of nitrogens with one attached hydrogen (secondary N) is 1. The molecule has 0 bridgehead atoms. The summed E-state index contributed by atoms with van der Waals surface area (Å²) < 4.78 is 0. The van der Waals surface area contributed by atoms with Crippen molar-refractivity contribution in [2.45, 2.75) is 57.4 Å². The van der Waals surface area contributed by atoms with E-state index in [9.17, 15) is 14.7 Å². The smallest absolute Gasteiger partial charge is 0.329 e. The van der Waals surface area contributed by atoms with Crippen LogP contribution in [0.4, 0.5) is 0 Å². The Labute approximate surface area is 113 Å². The molecule has 0 heterocycles. The summed E-state index contributed by atoms with van der Waals surface area (Å²) >= 11 is 0. The lowest BCUT2D eigenvalue weighted by Crippen LogP contribution is -2.62. The quantitative estimate of drug-likeness (QED) is 0.715. The van der Waals surface area contributed by atoms with Gasteiger partial charge in [0.15, 0.2) is 0 Å². The second-order valence-corrected chi connectivity index (χ2v) is 6.38. The largest absolute Gasteiger partial charge is 0.480 e. The third-order valence-electron chi connectivity index (χ3n) is 4.94. The molecule has 2 saturated carbocycles. The average Bonchev–Trinajstić information content (AvgIpc) is 2.27. The minimum Gasteiger partial charge on any atom is -0.480 e.